The first-order valence-electron chi connectivity index (χ1n) is 10.1. The highest BCUT2D eigenvalue weighted by Crippen LogP contribution is 2.32. The molecule has 29 heavy (non-hydrogen) atoms. The summed E-state index contributed by atoms with van der Waals surface area (Å²) in [6, 6.07) is 13.6. The quantitative estimate of drug-likeness (QED) is 0.555. The van der Waals surface area contributed by atoms with Crippen molar-refractivity contribution in [2.75, 3.05) is 32.1 Å². The molecule has 2 aromatic carbocycles. The molecule has 1 atom stereocenters. The molecule has 0 aliphatic carbocycles. The number of esters is 1. The van der Waals surface area contributed by atoms with Crippen LogP contribution in [0.5, 0.6) is 0 Å². The molecule has 1 unspecified atom stereocenters. The van der Waals surface area contributed by atoms with Gasteiger partial charge in [-0.05, 0) is 37.5 Å². The summed E-state index contributed by atoms with van der Waals surface area (Å²) in [6.07, 6.45) is 0.727. The SMILES string of the molecule is Cc1cc(C)c(N2CCC([N+](C)(C)CC(=O)OCc3ccccc3)C2=O)c(C)c1. The van der Waals surface area contributed by atoms with E-state index in [1.807, 2.05) is 49.3 Å². The molecule has 0 spiro atoms. The topological polar surface area (TPSA) is 46.6 Å². The number of likely N-dealkylation sites (N-methyl/N-ethyl adjacent to an activating group) is 1. The van der Waals surface area contributed by atoms with Gasteiger partial charge in [0.05, 0.1) is 14.1 Å². The van der Waals surface area contributed by atoms with E-state index in [0.717, 1.165) is 28.8 Å². The van der Waals surface area contributed by atoms with Crippen LogP contribution in [0.15, 0.2) is 42.5 Å². The lowest BCUT2D eigenvalue weighted by Crippen LogP contribution is -2.55. The molecule has 3 rings (SSSR count). The zero-order valence-electron chi connectivity index (χ0n) is 18.1. The maximum absolute atomic E-state index is 13.3. The Balaban J connectivity index is 1.67. The first-order valence-corrected chi connectivity index (χ1v) is 10.1. The Labute approximate surface area is 173 Å². The summed E-state index contributed by atoms with van der Waals surface area (Å²) in [6.45, 7) is 7.28. The van der Waals surface area contributed by atoms with E-state index >= 15 is 0 Å². The summed E-state index contributed by atoms with van der Waals surface area (Å²) >= 11 is 0. The standard InChI is InChI=1S/C24H31N2O3/c1-17-13-18(2)23(19(3)14-17)25-12-11-21(24(25)28)26(4,5)15-22(27)29-16-20-9-7-6-8-10-20/h6-10,13-14,21H,11-12,15-16H2,1-5H3/q+1. The Morgan fingerprint density at radius 2 is 1.72 bits per heavy atom. The molecule has 1 heterocycles. The number of hydrogen-bond donors (Lipinski definition) is 0. The normalized spacial score (nSPS) is 16.9. The molecule has 0 radical (unpaired) electrons. The molecule has 1 fully saturated rings. The van der Waals surface area contributed by atoms with Crippen molar-refractivity contribution in [3.63, 3.8) is 0 Å². The van der Waals surface area contributed by atoms with Crippen LogP contribution in [0, 0.1) is 20.8 Å². The molecule has 0 N–H and O–H groups in total. The molecule has 154 valence electrons. The van der Waals surface area contributed by atoms with Crippen molar-refractivity contribution < 1.29 is 18.8 Å². The summed E-state index contributed by atoms with van der Waals surface area (Å²) in [5, 5.41) is 0. The van der Waals surface area contributed by atoms with E-state index in [2.05, 4.69) is 32.9 Å². The molecule has 1 saturated heterocycles. The minimum atomic E-state index is -0.284. The van der Waals surface area contributed by atoms with Gasteiger partial charge in [-0.3, -0.25) is 4.79 Å². The molecule has 5 nitrogen and oxygen atoms in total. The predicted octanol–water partition coefficient (Wildman–Crippen LogP) is 3.54. The van der Waals surface area contributed by atoms with Crippen molar-refractivity contribution >= 4 is 17.6 Å². The highest BCUT2D eigenvalue weighted by atomic mass is 16.5. The summed E-state index contributed by atoms with van der Waals surface area (Å²) in [5.41, 5.74) is 5.40. The number of carbonyl (C=O) groups excluding carboxylic acids is 2. The van der Waals surface area contributed by atoms with Gasteiger partial charge in [0.2, 0.25) is 0 Å². The van der Waals surface area contributed by atoms with Gasteiger partial charge in [0.15, 0.2) is 12.6 Å². The van der Waals surface area contributed by atoms with Crippen LogP contribution in [0.4, 0.5) is 5.69 Å². The van der Waals surface area contributed by atoms with Gasteiger partial charge in [0.25, 0.3) is 5.91 Å². The lowest BCUT2D eigenvalue weighted by Gasteiger charge is -2.34. The lowest BCUT2D eigenvalue weighted by atomic mass is 10.0. The molecular weight excluding hydrogens is 364 g/mol. The number of ether oxygens (including phenoxy) is 1. The van der Waals surface area contributed by atoms with Gasteiger partial charge in [-0.25, -0.2) is 4.79 Å². The number of nitrogens with zero attached hydrogens (tertiary/aromatic N) is 2. The van der Waals surface area contributed by atoms with E-state index in [0.29, 0.717) is 11.0 Å². The fourth-order valence-corrected chi connectivity index (χ4v) is 4.36. The van der Waals surface area contributed by atoms with Crippen molar-refractivity contribution in [1.82, 2.24) is 0 Å². The third kappa shape index (κ3) is 4.67. The maximum atomic E-state index is 13.3. The largest absolute Gasteiger partial charge is 0.457 e. The number of aryl methyl sites for hydroxylation is 3. The zero-order valence-corrected chi connectivity index (χ0v) is 18.1. The van der Waals surface area contributed by atoms with Gasteiger partial charge in [-0.2, -0.15) is 0 Å². The van der Waals surface area contributed by atoms with Crippen LogP contribution in [0.3, 0.4) is 0 Å². The maximum Gasteiger partial charge on any atom is 0.362 e. The van der Waals surface area contributed by atoms with Crippen LogP contribution in [0.1, 0.15) is 28.7 Å². The smallest absolute Gasteiger partial charge is 0.362 e. The Bertz CT molecular complexity index is 883. The first kappa shape index (κ1) is 21.1. The number of benzene rings is 2. The van der Waals surface area contributed by atoms with Crippen molar-refractivity contribution in [3.8, 4) is 0 Å². The van der Waals surface area contributed by atoms with Gasteiger partial charge < -0.3 is 14.1 Å². The van der Waals surface area contributed by atoms with Crippen molar-refractivity contribution in [2.45, 2.75) is 39.8 Å². The fourth-order valence-electron chi connectivity index (χ4n) is 4.36. The van der Waals surface area contributed by atoms with Crippen LogP contribution in [-0.4, -0.2) is 49.6 Å². The van der Waals surface area contributed by atoms with Crippen molar-refractivity contribution in [1.29, 1.82) is 0 Å². The van der Waals surface area contributed by atoms with E-state index in [1.54, 1.807) is 0 Å². The minimum Gasteiger partial charge on any atom is -0.457 e. The molecule has 1 aliphatic heterocycles. The summed E-state index contributed by atoms with van der Waals surface area (Å²) in [5.74, 6) is -0.200. The van der Waals surface area contributed by atoms with Gasteiger partial charge >= 0.3 is 5.97 Å². The first-order chi connectivity index (χ1) is 13.7. The number of quaternary nitrogens is 1. The number of hydrogen-bond acceptors (Lipinski definition) is 3. The Morgan fingerprint density at radius 1 is 1.10 bits per heavy atom. The summed E-state index contributed by atoms with van der Waals surface area (Å²) in [7, 11) is 3.87. The lowest BCUT2D eigenvalue weighted by molar-refractivity contribution is -0.898. The van der Waals surface area contributed by atoms with Crippen LogP contribution in [0.2, 0.25) is 0 Å². The predicted molar refractivity (Wildman–Crippen MR) is 115 cm³/mol. The number of rotatable bonds is 6. The van der Waals surface area contributed by atoms with Crippen LogP contribution in [0.25, 0.3) is 0 Å². The van der Waals surface area contributed by atoms with Gasteiger partial charge in [-0.15, -0.1) is 0 Å². The van der Waals surface area contributed by atoms with E-state index < -0.39 is 0 Å². The molecule has 0 saturated carbocycles. The third-order valence-electron chi connectivity index (χ3n) is 5.71. The van der Waals surface area contributed by atoms with Gasteiger partial charge in [0, 0.05) is 18.7 Å². The Morgan fingerprint density at radius 3 is 2.34 bits per heavy atom. The zero-order chi connectivity index (χ0) is 21.2. The highest BCUT2D eigenvalue weighted by molar-refractivity contribution is 6.00. The fraction of sp³-hybridized carbons (Fsp3) is 0.417. The number of amides is 1. The van der Waals surface area contributed by atoms with Gasteiger partial charge in [0.1, 0.15) is 6.61 Å². The molecule has 1 aliphatic rings. The number of carbonyl (C=O) groups is 2. The van der Waals surface area contributed by atoms with Crippen molar-refractivity contribution in [2.24, 2.45) is 0 Å². The second-order valence-electron chi connectivity index (χ2n) is 8.62. The molecule has 0 bridgehead atoms. The van der Waals surface area contributed by atoms with E-state index in [-0.39, 0.29) is 31.1 Å². The third-order valence-corrected chi connectivity index (χ3v) is 5.71. The number of anilines is 1. The molecular formula is C24H31N2O3+. The van der Waals surface area contributed by atoms with Crippen LogP contribution in [-0.2, 0) is 20.9 Å². The van der Waals surface area contributed by atoms with Crippen LogP contribution >= 0.6 is 0 Å². The Hall–Kier alpha value is -2.66. The highest BCUT2D eigenvalue weighted by Gasteiger charge is 2.45. The Kier molecular flexibility index (Phi) is 6.08. The molecule has 1 amide bonds. The average Bonchev–Trinajstić information content (AvgIpc) is 3.02. The van der Waals surface area contributed by atoms with Crippen molar-refractivity contribution in [3.05, 3.63) is 64.7 Å². The molecule has 5 heteroatoms. The van der Waals surface area contributed by atoms with E-state index in [1.165, 1.54) is 5.56 Å². The van der Waals surface area contributed by atoms with Crippen LogP contribution < -0.4 is 4.90 Å². The summed E-state index contributed by atoms with van der Waals surface area (Å²) < 4.78 is 5.74. The molecule has 0 aromatic heterocycles. The van der Waals surface area contributed by atoms with Gasteiger partial charge in [-0.1, -0.05) is 48.0 Å². The van der Waals surface area contributed by atoms with E-state index in [4.69, 9.17) is 4.74 Å². The van der Waals surface area contributed by atoms with E-state index in [9.17, 15) is 9.59 Å². The monoisotopic (exact) mass is 395 g/mol. The molecule has 2 aromatic rings. The second kappa shape index (κ2) is 8.37. The second-order valence-corrected chi connectivity index (χ2v) is 8.62. The summed E-state index contributed by atoms with van der Waals surface area (Å²) in [4.78, 5) is 27.6. The average molecular weight is 396 g/mol. The minimum absolute atomic E-state index is 0.0842.